The zero-order chi connectivity index (χ0) is 15.8. The lowest BCUT2D eigenvalue weighted by atomic mass is 9.90. The third-order valence-electron chi connectivity index (χ3n) is 3.36. The lowest BCUT2D eigenvalue weighted by Crippen LogP contribution is -2.16. The molecule has 1 aromatic carbocycles. The number of hydrogen-bond acceptors (Lipinski definition) is 4. The van der Waals surface area contributed by atoms with Crippen LogP contribution in [0.2, 0.25) is 5.02 Å². The van der Waals surface area contributed by atoms with Crippen LogP contribution < -0.4 is 9.47 Å². The molecule has 0 heterocycles. The molecule has 0 spiro atoms. The maximum atomic E-state index is 9.67. The fourth-order valence-corrected chi connectivity index (χ4v) is 2.62. The Hall–Kier alpha value is -0.970. The van der Waals surface area contributed by atoms with Crippen LogP contribution in [0.15, 0.2) is 12.1 Å². The fourth-order valence-electron chi connectivity index (χ4n) is 2.32. The maximum Gasteiger partial charge on any atom is 0.162 e. The van der Waals surface area contributed by atoms with Crippen molar-refractivity contribution in [1.29, 1.82) is 0 Å². The van der Waals surface area contributed by atoms with Gasteiger partial charge in [0.15, 0.2) is 11.5 Å². The van der Waals surface area contributed by atoms with E-state index >= 15 is 0 Å². The summed E-state index contributed by atoms with van der Waals surface area (Å²) >= 11 is 6.36. The molecule has 2 atom stereocenters. The Morgan fingerprint density at radius 1 is 1.10 bits per heavy atom. The summed E-state index contributed by atoms with van der Waals surface area (Å²) in [5, 5.41) is 19.3. The van der Waals surface area contributed by atoms with E-state index in [1.54, 1.807) is 6.07 Å². The van der Waals surface area contributed by atoms with Gasteiger partial charge in [-0.05, 0) is 44.2 Å². The molecule has 0 bridgehead atoms. The second-order valence-electron chi connectivity index (χ2n) is 4.86. The van der Waals surface area contributed by atoms with E-state index in [-0.39, 0.29) is 12.5 Å². The molecule has 0 aromatic heterocycles. The number of benzene rings is 1. The first-order valence-corrected chi connectivity index (χ1v) is 7.82. The maximum absolute atomic E-state index is 9.67. The Morgan fingerprint density at radius 3 is 2.14 bits per heavy atom. The lowest BCUT2D eigenvalue weighted by molar-refractivity contribution is 0.0817. The fraction of sp³-hybridized carbons (Fsp3) is 0.625. The monoisotopic (exact) mass is 316 g/mol. The van der Waals surface area contributed by atoms with Gasteiger partial charge in [0.1, 0.15) is 0 Å². The molecule has 21 heavy (non-hydrogen) atoms. The molecule has 0 saturated carbocycles. The number of halogens is 1. The number of aliphatic hydroxyl groups is 2. The molecule has 0 fully saturated rings. The summed E-state index contributed by atoms with van der Waals surface area (Å²) in [6.45, 7) is 6.68. The van der Waals surface area contributed by atoms with E-state index in [2.05, 4.69) is 0 Å². The molecule has 1 aromatic rings. The minimum absolute atomic E-state index is 0.0644. The summed E-state index contributed by atoms with van der Waals surface area (Å²) in [7, 11) is 0. The predicted molar refractivity (Wildman–Crippen MR) is 84.5 cm³/mol. The Bertz CT molecular complexity index is 437. The number of ether oxygens (including phenoxy) is 2. The molecule has 0 saturated heterocycles. The number of hydrogen-bond donors (Lipinski definition) is 2. The Balaban J connectivity index is 3.12. The predicted octanol–water partition coefficient (Wildman–Crippen LogP) is 3.37. The average molecular weight is 317 g/mol. The molecule has 5 heteroatoms. The van der Waals surface area contributed by atoms with Gasteiger partial charge >= 0.3 is 0 Å². The van der Waals surface area contributed by atoms with E-state index in [1.807, 2.05) is 26.8 Å². The third-order valence-corrected chi connectivity index (χ3v) is 3.69. The topological polar surface area (TPSA) is 58.9 Å². The van der Waals surface area contributed by atoms with Crippen LogP contribution in [-0.4, -0.2) is 36.1 Å². The van der Waals surface area contributed by atoms with Crippen LogP contribution in [0.5, 0.6) is 11.5 Å². The van der Waals surface area contributed by atoms with Gasteiger partial charge in [-0.2, -0.15) is 0 Å². The van der Waals surface area contributed by atoms with Crippen LogP contribution in [0.3, 0.4) is 0 Å². The van der Waals surface area contributed by atoms with Gasteiger partial charge in [0.05, 0.1) is 25.9 Å². The van der Waals surface area contributed by atoms with E-state index in [0.29, 0.717) is 36.2 Å². The molecule has 2 unspecified atom stereocenters. The average Bonchev–Trinajstić information content (AvgIpc) is 2.48. The molecule has 0 aliphatic rings. The van der Waals surface area contributed by atoms with Crippen LogP contribution in [-0.2, 0) is 0 Å². The van der Waals surface area contributed by atoms with E-state index in [4.69, 9.17) is 26.2 Å². The van der Waals surface area contributed by atoms with Crippen molar-refractivity contribution in [3.8, 4) is 11.5 Å². The molecule has 4 nitrogen and oxygen atoms in total. The van der Waals surface area contributed by atoms with E-state index in [0.717, 1.165) is 12.0 Å². The van der Waals surface area contributed by atoms with Crippen molar-refractivity contribution in [2.24, 2.45) is 0 Å². The van der Waals surface area contributed by atoms with Crippen molar-refractivity contribution >= 4 is 11.6 Å². The molecular weight excluding hydrogens is 292 g/mol. The lowest BCUT2D eigenvalue weighted by Gasteiger charge is -2.21. The molecule has 0 amide bonds. The van der Waals surface area contributed by atoms with E-state index in [1.165, 1.54) is 0 Å². The second-order valence-corrected chi connectivity index (χ2v) is 5.27. The van der Waals surface area contributed by atoms with Crippen LogP contribution in [0, 0.1) is 0 Å². The summed E-state index contributed by atoms with van der Waals surface area (Å²) in [5.74, 6) is 1.36. The molecular formula is C16H25ClO4. The van der Waals surface area contributed by atoms with E-state index < -0.39 is 6.10 Å². The van der Waals surface area contributed by atoms with Gasteiger partial charge in [-0.15, -0.1) is 0 Å². The van der Waals surface area contributed by atoms with Gasteiger partial charge < -0.3 is 19.7 Å². The molecule has 120 valence electrons. The van der Waals surface area contributed by atoms with Gasteiger partial charge in [0.25, 0.3) is 0 Å². The van der Waals surface area contributed by atoms with Gasteiger partial charge in [-0.25, -0.2) is 0 Å². The van der Waals surface area contributed by atoms with Crippen LogP contribution in [0.1, 0.15) is 45.1 Å². The van der Waals surface area contributed by atoms with Gasteiger partial charge in [-0.3, -0.25) is 0 Å². The third kappa shape index (κ3) is 5.06. The SMILES string of the molecule is CCOc1cc(Cl)c(C(CC)CC(O)CO)cc1OCC. The zero-order valence-corrected chi connectivity index (χ0v) is 13.7. The van der Waals surface area contributed by atoms with E-state index in [9.17, 15) is 5.11 Å². The number of aliphatic hydroxyl groups excluding tert-OH is 2. The normalized spacial score (nSPS) is 13.8. The highest BCUT2D eigenvalue weighted by molar-refractivity contribution is 6.31. The summed E-state index contributed by atoms with van der Waals surface area (Å²) in [4.78, 5) is 0. The molecule has 0 radical (unpaired) electrons. The minimum Gasteiger partial charge on any atom is -0.490 e. The Kier molecular flexibility index (Phi) is 7.86. The molecule has 2 N–H and O–H groups in total. The summed E-state index contributed by atoms with van der Waals surface area (Å²) in [6, 6.07) is 3.65. The first-order valence-electron chi connectivity index (χ1n) is 7.45. The largest absolute Gasteiger partial charge is 0.490 e. The first kappa shape index (κ1) is 18.1. The van der Waals surface area contributed by atoms with Gasteiger partial charge in [0, 0.05) is 11.1 Å². The van der Waals surface area contributed by atoms with Crippen molar-refractivity contribution in [3.63, 3.8) is 0 Å². The van der Waals surface area contributed by atoms with Gasteiger partial charge in [-0.1, -0.05) is 18.5 Å². The van der Waals surface area contributed by atoms with Crippen LogP contribution in [0.4, 0.5) is 0 Å². The van der Waals surface area contributed by atoms with Gasteiger partial charge in [0.2, 0.25) is 0 Å². The first-order chi connectivity index (χ1) is 10.1. The quantitative estimate of drug-likeness (QED) is 0.733. The second kappa shape index (κ2) is 9.13. The highest BCUT2D eigenvalue weighted by Crippen LogP contribution is 2.39. The van der Waals surface area contributed by atoms with Crippen molar-refractivity contribution in [1.82, 2.24) is 0 Å². The minimum atomic E-state index is -0.742. The molecule has 0 aliphatic heterocycles. The number of rotatable bonds is 9. The van der Waals surface area contributed by atoms with Crippen molar-refractivity contribution in [2.75, 3.05) is 19.8 Å². The zero-order valence-electron chi connectivity index (χ0n) is 12.9. The highest BCUT2D eigenvalue weighted by Gasteiger charge is 2.20. The van der Waals surface area contributed by atoms with Crippen molar-refractivity contribution in [3.05, 3.63) is 22.7 Å². The molecule has 0 aliphatic carbocycles. The summed E-state index contributed by atoms with van der Waals surface area (Å²) in [6.07, 6.45) is 0.538. The smallest absolute Gasteiger partial charge is 0.162 e. The van der Waals surface area contributed by atoms with Crippen LogP contribution in [0.25, 0.3) is 0 Å². The summed E-state index contributed by atoms with van der Waals surface area (Å²) < 4.78 is 11.2. The molecule has 1 rings (SSSR count). The Morgan fingerprint density at radius 2 is 1.67 bits per heavy atom. The van der Waals surface area contributed by atoms with Crippen molar-refractivity contribution in [2.45, 2.75) is 45.6 Å². The summed E-state index contributed by atoms with van der Waals surface area (Å²) in [5.41, 5.74) is 0.915. The van der Waals surface area contributed by atoms with Crippen molar-refractivity contribution < 1.29 is 19.7 Å². The van der Waals surface area contributed by atoms with Crippen LogP contribution >= 0.6 is 11.6 Å². The standard InChI is InChI=1S/C16H25ClO4/c1-4-11(7-12(19)10-18)13-8-15(20-5-2)16(21-6-3)9-14(13)17/h8-9,11-12,18-19H,4-7,10H2,1-3H3. The Labute approximate surface area is 131 Å². The highest BCUT2D eigenvalue weighted by atomic mass is 35.5.